The van der Waals surface area contributed by atoms with Gasteiger partial charge in [0.25, 0.3) is 0 Å². The van der Waals surface area contributed by atoms with Gasteiger partial charge in [0.15, 0.2) is 0 Å². The van der Waals surface area contributed by atoms with Gasteiger partial charge < -0.3 is 0 Å². The van der Waals surface area contributed by atoms with Crippen molar-refractivity contribution in [3.05, 3.63) is 43.8 Å². The number of nitrogens with zero attached hydrogens (tertiary/aromatic N) is 2. The second-order valence-electron chi connectivity index (χ2n) is 3.15. The van der Waals surface area contributed by atoms with Gasteiger partial charge in [0.05, 0.1) is 15.9 Å². The van der Waals surface area contributed by atoms with Crippen molar-refractivity contribution in [2.24, 2.45) is 0 Å². The minimum Gasteiger partial charge on any atom is -0.143 e. The third-order valence-corrected chi connectivity index (χ3v) is 4.04. The van der Waals surface area contributed by atoms with Crippen LogP contribution in [0.1, 0.15) is 15.6 Å². The average Bonchev–Trinajstić information content (AvgIpc) is 2.71. The van der Waals surface area contributed by atoms with Gasteiger partial charge in [-0.05, 0) is 17.7 Å². The van der Waals surface area contributed by atoms with E-state index in [9.17, 15) is 0 Å². The fourth-order valence-electron chi connectivity index (χ4n) is 1.24. The van der Waals surface area contributed by atoms with E-state index in [0.29, 0.717) is 22.3 Å². The van der Waals surface area contributed by atoms with E-state index in [0.717, 1.165) is 15.6 Å². The van der Waals surface area contributed by atoms with Crippen molar-refractivity contribution < 1.29 is 0 Å². The van der Waals surface area contributed by atoms with Gasteiger partial charge in [0.2, 0.25) is 0 Å². The molecule has 2 rings (SSSR count). The van der Waals surface area contributed by atoms with E-state index in [4.69, 9.17) is 34.8 Å². The minimum atomic E-state index is 0.402. The van der Waals surface area contributed by atoms with Crippen LogP contribution in [0.3, 0.4) is 0 Å². The van der Waals surface area contributed by atoms with Crippen LogP contribution >= 0.6 is 46.1 Å². The number of aromatic nitrogens is 2. The smallest absolute Gasteiger partial charge is 0.132 e. The van der Waals surface area contributed by atoms with Gasteiger partial charge in [-0.2, -0.15) is 0 Å². The summed E-state index contributed by atoms with van der Waals surface area (Å²) in [7, 11) is 0. The molecule has 0 saturated heterocycles. The molecular weight excluding hydrogens is 287 g/mol. The molecular formula is C10H7Cl3N2S. The van der Waals surface area contributed by atoms with Gasteiger partial charge in [0, 0.05) is 6.42 Å². The standard InChI is InChI=1S/C10H7Cl3N2S/c11-5-10-15-14-9(16-10)4-6-1-2-7(12)8(13)3-6/h1-3H,4-5H2. The summed E-state index contributed by atoms with van der Waals surface area (Å²) >= 11 is 18.9. The lowest BCUT2D eigenvalue weighted by Crippen LogP contribution is -1.87. The molecule has 0 bridgehead atoms. The molecule has 0 aliphatic heterocycles. The molecule has 84 valence electrons. The highest BCUT2D eigenvalue weighted by Crippen LogP contribution is 2.24. The SMILES string of the molecule is ClCc1nnc(Cc2ccc(Cl)c(Cl)c2)s1. The van der Waals surface area contributed by atoms with E-state index in [2.05, 4.69) is 10.2 Å². The van der Waals surface area contributed by atoms with Crippen molar-refractivity contribution >= 4 is 46.1 Å². The lowest BCUT2D eigenvalue weighted by molar-refractivity contribution is 0.976. The van der Waals surface area contributed by atoms with Gasteiger partial charge in [-0.15, -0.1) is 21.8 Å². The Labute approximate surface area is 112 Å². The Kier molecular flexibility index (Phi) is 4.03. The molecule has 1 heterocycles. The molecule has 0 saturated carbocycles. The first-order valence-electron chi connectivity index (χ1n) is 4.50. The topological polar surface area (TPSA) is 25.8 Å². The largest absolute Gasteiger partial charge is 0.143 e. The molecule has 1 aromatic carbocycles. The lowest BCUT2D eigenvalue weighted by Gasteiger charge is -1.99. The van der Waals surface area contributed by atoms with Crippen LogP contribution < -0.4 is 0 Å². The van der Waals surface area contributed by atoms with Crippen molar-refractivity contribution in [2.75, 3.05) is 0 Å². The van der Waals surface area contributed by atoms with Crippen molar-refractivity contribution in [1.82, 2.24) is 10.2 Å². The molecule has 0 amide bonds. The monoisotopic (exact) mass is 292 g/mol. The predicted octanol–water partition coefficient (Wildman–Crippen LogP) is 4.17. The third-order valence-electron chi connectivity index (χ3n) is 1.96. The van der Waals surface area contributed by atoms with Crippen LogP contribution in [0.5, 0.6) is 0 Å². The summed E-state index contributed by atoms with van der Waals surface area (Å²) in [6.07, 6.45) is 0.700. The number of halogens is 3. The maximum atomic E-state index is 5.93. The van der Waals surface area contributed by atoms with Gasteiger partial charge in [-0.25, -0.2) is 0 Å². The normalized spacial score (nSPS) is 10.7. The number of benzene rings is 1. The summed E-state index contributed by atoms with van der Waals surface area (Å²) in [5.74, 6) is 0.402. The Morgan fingerprint density at radius 3 is 2.44 bits per heavy atom. The van der Waals surface area contributed by atoms with E-state index in [1.165, 1.54) is 11.3 Å². The molecule has 0 aliphatic carbocycles. The highest BCUT2D eigenvalue weighted by molar-refractivity contribution is 7.11. The molecule has 0 unspecified atom stereocenters. The summed E-state index contributed by atoms with van der Waals surface area (Å²) in [4.78, 5) is 0. The van der Waals surface area contributed by atoms with Crippen LogP contribution in [0.25, 0.3) is 0 Å². The quantitative estimate of drug-likeness (QED) is 0.794. The Morgan fingerprint density at radius 1 is 1.06 bits per heavy atom. The fraction of sp³-hybridized carbons (Fsp3) is 0.200. The number of alkyl halides is 1. The average molecular weight is 294 g/mol. The number of rotatable bonds is 3. The highest BCUT2D eigenvalue weighted by atomic mass is 35.5. The Morgan fingerprint density at radius 2 is 1.81 bits per heavy atom. The van der Waals surface area contributed by atoms with Crippen molar-refractivity contribution in [3.8, 4) is 0 Å². The summed E-state index contributed by atoms with van der Waals surface area (Å²) in [6.45, 7) is 0. The summed E-state index contributed by atoms with van der Waals surface area (Å²) in [6, 6.07) is 5.55. The minimum absolute atomic E-state index is 0.402. The molecule has 2 nitrogen and oxygen atoms in total. The lowest BCUT2D eigenvalue weighted by atomic mass is 10.2. The summed E-state index contributed by atoms with van der Waals surface area (Å²) < 4.78 is 0. The molecule has 6 heteroatoms. The van der Waals surface area contributed by atoms with Gasteiger partial charge >= 0.3 is 0 Å². The fourth-order valence-corrected chi connectivity index (χ4v) is 2.50. The zero-order valence-corrected chi connectivity index (χ0v) is 11.2. The van der Waals surface area contributed by atoms with E-state index in [1.54, 1.807) is 6.07 Å². The molecule has 16 heavy (non-hydrogen) atoms. The molecule has 0 radical (unpaired) electrons. The molecule has 0 atom stereocenters. The van der Waals surface area contributed by atoms with Crippen LogP contribution in [-0.2, 0) is 12.3 Å². The van der Waals surface area contributed by atoms with Crippen LogP contribution in [0.15, 0.2) is 18.2 Å². The van der Waals surface area contributed by atoms with Crippen molar-refractivity contribution in [1.29, 1.82) is 0 Å². The molecule has 0 spiro atoms. The second-order valence-corrected chi connectivity index (χ2v) is 5.38. The van der Waals surface area contributed by atoms with Gasteiger partial charge in [0.1, 0.15) is 10.0 Å². The van der Waals surface area contributed by atoms with Crippen molar-refractivity contribution in [2.45, 2.75) is 12.3 Å². The van der Waals surface area contributed by atoms with E-state index < -0.39 is 0 Å². The predicted molar refractivity (Wildman–Crippen MR) is 68.7 cm³/mol. The number of hydrogen-bond donors (Lipinski definition) is 0. The Balaban J connectivity index is 2.17. The molecule has 2 aromatic rings. The zero-order valence-electron chi connectivity index (χ0n) is 8.08. The third kappa shape index (κ3) is 2.86. The van der Waals surface area contributed by atoms with Crippen LogP contribution in [0, 0.1) is 0 Å². The zero-order chi connectivity index (χ0) is 11.5. The highest BCUT2D eigenvalue weighted by Gasteiger charge is 2.05. The van der Waals surface area contributed by atoms with E-state index in [-0.39, 0.29) is 0 Å². The maximum Gasteiger partial charge on any atom is 0.132 e. The summed E-state index contributed by atoms with van der Waals surface area (Å²) in [5, 5.41) is 10.9. The van der Waals surface area contributed by atoms with Gasteiger partial charge in [-0.3, -0.25) is 0 Å². The molecule has 0 N–H and O–H groups in total. The first-order chi connectivity index (χ1) is 7.69. The van der Waals surface area contributed by atoms with Crippen LogP contribution in [0.4, 0.5) is 0 Å². The van der Waals surface area contributed by atoms with Gasteiger partial charge in [-0.1, -0.05) is 40.6 Å². The Hall–Kier alpha value is -0.350. The van der Waals surface area contributed by atoms with E-state index in [1.807, 2.05) is 12.1 Å². The molecule has 0 aliphatic rings. The maximum absolute atomic E-state index is 5.93. The first-order valence-corrected chi connectivity index (χ1v) is 6.61. The van der Waals surface area contributed by atoms with E-state index >= 15 is 0 Å². The number of hydrogen-bond acceptors (Lipinski definition) is 3. The van der Waals surface area contributed by atoms with Crippen molar-refractivity contribution in [3.63, 3.8) is 0 Å². The molecule has 1 aromatic heterocycles. The van der Waals surface area contributed by atoms with Crippen LogP contribution in [-0.4, -0.2) is 10.2 Å². The second kappa shape index (κ2) is 5.32. The summed E-state index contributed by atoms with van der Waals surface area (Å²) in [5.41, 5.74) is 1.06. The molecule has 0 fully saturated rings. The Bertz CT molecular complexity index is 499. The first kappa shape index (κ1) is 12.1. The van der Waals surface area contributed by atoms with Crippen LogP contribution in [0.2, 0.25) is 10.0 Å².